The Bertz CT molecular complexity index is 702. The van der Waals surface area contributed by atoms with Crippen LogP contribution in [0.2, 0.25) is 0 Å². The zero-order valence-corrected chi connectivity index (χ0v) is 14.7. The van der Waals surface area contributed by atoms with Crippen LogP contribution >= 0.6 is 0 Å². The zero-order valence-electron chi connectivity index (χ0n) is 14.7. The maximum absolute atomic E-state index is 12.1. The van der Waals surface area contributed by atoms with Gasteiger partial charge in [-0.25, -0.2) is 9.59 Å². The van der Waals surface area contributed by atoms with Gasteiger partial charge in [0.25, 0.3) is 5.79 Å². The third kappa shape index (κ3) is 4.59. The van der Waals surface area contributed by atoms with E-state index in [4.69, 9.17) is 9.47 Å². The van der Waals surface area contributed by atoms with E-state index in [1.54, 1.807) is 24.3 Å². The number of hydrogen-bond donors (Lipinski definition) is 2. The molecule has 7 heteroatoms. The van der Waals surface area contributed by atoms with Crippen molar-refractivity contribution in [2.45, 2.75) is 39.9 Å². The van der Waals surface area contributed by atoms with Crippen LogP contribution in [-0.2, 0) is 23.9 Å². The van der Waals surface area contributed by atoms with Gasteiger partial charge in [0.15, 0.2) is 5.57 Å². The molecule has 2 N–H and O–H groups in total. The Kier molecular flexibility index (Phi) is 5.46. The number of anilines is 2. The molecule has 1 amide bonds. The zero-order chi connectivity index (χ0) is 18.6. The van der Waals surface area contributed by atoms with Crippen LogP contribution in [0, 0.1) is 5.92 Å². The molecule has 0 radical (unpaired) electrons. The van der Waals surface area contributed by atoms with Gasteiger partial charge in [0.2, 0.25) is 5.91 Å². The van der Waals surface area contributed by atoms with Crippen LogP contribution in [-0.4, -0.2) is 23.6 Å². The number of para-hydroxylation sites is 2. The van der Waals surface area contributed by atoms with E-state index in [1.807, 2.05) is 13.8 Å². The first kappa shape index (κ1) is 18.5. The number of esters is 2. The third-order valence-electron chi connectivity index (χ3n) is 3.73. The summed E-state index contributed by atoms with van der Waals surface area (Å²) in [4.78, 5) is 35.9. The molecule has 7 nitrogen and oxygen atoms in total. The molecule has 1 unspecified atom stereocenters. The van der Waals surface area contributed by atoms with Crippen LogP contribution in [0.4, 0.5) is 11.4 Å². The van der Waals surface area contributed by atoms with Gasteiger partial charge in [-0.2, -0.15) is 0 Å². The monoisotopic (exact) mass is 346 g/mol. The fourth-order valence-corrected chi connectivity index (χ4v) is 2.09. The molecular weight excluding hydrogens is 324 g/mol. The summed E-state index contributed by atoms with van der Waals surface area (Å²) in [6, 6.07) is 6.98. The lowest BCUT2D eigenvalue weighted by molar-refractivity contribution is -0.222. The maximum Gasteiger partial charge on any atom is 0.350 e. The second-order valence-corrected chi connectivity index (χ2v) is 6.23. The first-order valence-electron chi connectivity index (χ1n) is 8.06. The Labute approximate surface area is 146 Å². The Morgan fingerprint density at radius 2 is 1.72 bits per heavy atom. The topological polar surface area (TPSA) is 93.7 Å². The van der Waals surface area contributed by atoms with Gasteiger partial charge in [-0.15, -0.1) is 0 Å². The summed E-state index contributed by atoms with van der Waals surface area (Å²) in [6.07, 6.45) is 1.94. The molecule has 25 heavy (non-hydrogen) atoms. The Morgan fingerprint density at radius 1 is 1.16 bits per heavy atom. The fraction of sp³-hybridized carbons (Fsp3) is 0.389. The average Bonchev–Trinajstić information content (AvgIpc) is 2.53. The van der Waals surface area contributed by atoms with E-state index in [0.717, 1.165) is 6.42 Å². The Balaban J connectivity index is 2.17. The number of rotatable bonds is 5. The van der Waals surface area contributed by atoms with Crippen LogP contribution in [0.1, 0.15) is 34.1 Å². The molecule has 0 spiro atoms. The second kappa shape index (κ2) is 7.38. The summed E-state index contributed by atoms with van der Waals surface area (Å²) in [5.41, 5.74) is 0.835. The molecule has 1 aliphatic rings. The van der Waals surface area contributed by atoms with Crippen molar-refractivity contribution in [2.75, 3.05) is 10.6 Å². The highest BCUT2D eigenvalue weighted by Gasteiger charge is 2.38. The van der Waals surface area contributed by atoms with E-state index in [0.29, 0.717) is 11.4 Å². The molecule has 1 atom stereocenters. The molecule has 134 valence electrons. The molecule has 0 bridgehead atoms. The lowest BCUT2D eigenvalue weighted by atomic mass is 10.1. The number of carbonyl (C=O) groups excluding carboxylic acids is 3. The molecule has 1 fully saturated rings. The molecule has 0 aromatic heterocycles. The predicted molar refractivity (Wildman–Crippen MR) is 92.5 cm³/mol. The molecular formula is C18H22N2O5. The first-order valence-corrected chi connectivity index (χ1v) is 8.06. The van der Waals surface area contributed by atoms with E-state index < -0.39 is 17.7 Å². The van der Waals surface area contributed by atoms with Gasteiger partial charge in [-0.05, 0) is 18.6 Å². The minimum atomic E-state index is -1.28. The van der Waals surface area contributed by atoms with Gasteiger partial charge in [0.1, 0.15) is 0 Å². The molecule has 1 heterocycles. The van der Waals surface area contributed by atoms with Crippen LogP contribution in [0.15, 0.2) is 36.0 Å². The predicted octanol–water partition coefficient (Wildman–Crippen LogP) is 2.80. The van der Waals surface area contributed by atoms with Crippen LogP contribution in [0.25, 0.3) is 0 Å². The fourth-order valence-electron chi connectivity index (χ4n) is 2.09. The quantitative estimate of drug-likeness (QED) is 0.484. The van der Waals surface area contributed by atoms with Crippen LogP contribution in [0.5, 0.6) is 0 Å². The van der Waals surface area contributed by atoms with Crippen molar-refractivity contribution in [3.05, 3.63) is 36.0 Å². The summed E-state index contributed by atoms with van der Waals surface area (Å²) >= 11 is 0. The van der Waals surface area contributed by atoms with E-state index >= 15 is 0 Å². The molecule has 1 aromatic carbocycles. The number of hydrogen-bond acceptors (Lipinski definition) is 6. The average molecular weight is 346 g/mol. The molecule has 0 saturated carbocycles. The maximum atomic E-state index is 12.1. The van der Waals surface area contributed by atoms with Crippen LogP contribution < -0.4 is 10.6 Å². The van der Waals surface area contributed by atoms with Crippen molar-refractivity contribution in [2.24, 2.45) is 5.92 Å². The number of nitrogens with one attached hydrogen (secondary N) is 2. The van der Waals surface area contributed by atoms with Crippen molar-refractivity contribution >= 4 is 29.2 Å². The molecule has 1 aromatic rings. The number of cyclic esters (lactones) is 2. The van der Waals surface area contributed by atoms with E-state index in [2.05, 4.69) is 10.6 Å². The highest BCUT2D eigenvalue weighted by atomic mass is 16.7. The smallest absolute Gasteiger partial charge is 0.350 e. The van der Waals surface area contributed by atoms with Gasteiger partial charge < -0.3 is 20.1 Å². The summed E-state index contributed by atoms with van der Waals surface area (Å²) in [7, 11) is 0. The second-order valence-electron chi connectivity index (χ2n) is 6.23. The lowest BCUT2D eigenvalue weighted by Gasteiger charge is -2.29. The van der Waals surface area contributed by atoms with Crippen molar-refractivity contribution in [3.8, 4) is 0 Å². The van der Waals surface area contributed by atoms with E-state index in [-0.39, 0.29) is 17.4 Å². The first-order chi connectivity index (χ1) is 11.7. The summed E-state index contributed by atoms with van der Waals surface area (Å²) in [5, 5.41) is 5.68. The minimum absolute atomic E-state index is 0.109. The summed E-state index contributed by atoms with van der Waals surface area (Å²) in [6.45, 7) is 6.73. The van der Waals surface area contributed by atoms with E-state index in [9.17, 15) is 14.4 Å². The standard InChI is InChI=1S/C18H22N2O5/c1-5-11(2)15(21)20-14-9-7-6-8-13(14)19-10-12-16(22)24-18(3,4)25-17(12)23/h6-11,19H,5H2,1-4H3,(H,20,21). The van der Waals surface area contributed by atoms with E-state index in [1.165, 1.54) is 20.0 Å². The molecule has 1 aliphatic heterocycles. The normalized spacial score (nSPS) is 17.2. The number of ether oxygens (including phenoxy) is 2. The molecule has 0 aliphatic carbocycles. The van der Waals surface area contributed by atoms with Crippen LogP contribution in [0.3, 0.4) is 0 Å². The van der Waals surface area contributed by atoms with Gasteiger partial charge in [-0.3, -0.25) is 4.79 Å². The molecule has 2 rings (SSSR count). The largest absolute Gasteiger partial charge is 0.419 e. The van der Waals surface area contributed by atoms with Gasteiger partial charge in [-0.1, -0.05) is 26.0 Å². The number of amides is 1. The third-order valence-corrected chi connectivity index (χ3v) is 3.73. The Morgan fingerprint density at radius 3 is 2.28 bits per heavy atom. The minimum Gasteiger partial charge on any atom is -0.419 e. The van der Waals surface area contributed by atoms with Gasteiger partial charge in [0.05, 0.1) is 11.4 Å². The molecule has 1 saturated heterocycles. The lowest BCUT2D eigenvalue weighted by Crippen LogP contribution is -2.42. The SMILES string of the molecule is CCC(C)C(=O)Nc1ccccc1NC=C1C(=O)OC(C)(C)OC1=O. The van der Waals surface area contributed by atoms with Crippen molar-refractivity contribution in [3.63, 3.8) is 0 Å². The van der Waals surface area contributed by atoms with Crippen molar-refractivity contribution in [1.82, 2.24) is 0 Å². The van der Waals surface area contributed by atoms with Crippen molar-refractivity contribution in [1.29, 1.82) is 0 Å². The van der Waals surface area contributed by atoms with Gasteiger partial charge >= 0.3 is 11.9 Å². The highest BCUT2D eigenvalue weighted by Crippen LogP contribution is 2.25. The number of carbonyl (C=O) groups is 3. The Hall–Kier alpha value is -2.83. The van der Waals surface area contributed by atoms with Crippen molar-refractivity contribution < 1.29 is 23.9 Å². The summed E-state index contributed by atoms with van der Waals surface area (Å²) in [5.74, 6) is -3.06. The summed E-state index contributed by atoms with van der Waals surface area (Å²) < 4.78 is 10.1. The van der Waals surface area contributed by atoms with Gasteiger partial charge in [0, 0.05) is 26.0 Å². The number of benzene rings is 1. The highest BCUT2D eigenvalue weighted by molar-refractivity contribution is 6.15.